The first kappa shape index (κ1) is 14.6. The van der Waals surface area contributed by atoms with Crippen molar-refractivity contribution in [1.29, 1.82) is 0 Å². The highest BCUT2D eigenvalue weighted by Crippen LogP contribution is 2.27. The lowest BCUT2D eigenvalue weighted by molar-refractivity contribution is -0.254. The summed E-state index contributed by atoms with van der Waals surface area (Å²) in [5.41, 5.74) is 0. The van der Waals surface area contributed by atoms with E-state index in [-0.39, 0.29) is 5.75 Å². The van der Waals surface area contributed by atoms with Crippen molar-refractivity contribution in [2.45, 2.75) is 30.3 Å². The summed E-state index contributed by atoms with van der Waals surface area (Å²) in [7, 11) is 0. The van der Waals surface area contributed by atoms with Gasteiger partial charge >= 0.3 is 5.97 Å². The second-order valence-corrected chi connectivity index (χ2v) is 4.05. The fourth-order valence-electron chi connectivity index (χ4n) is 1.50. The second kappa shape index (κ2) is 5.48. The molecule has 0 amide bonds. The third-order valence-electron chi connectivity index (χ3n) is 2.48. The van der Waals surface area contributed by atoms with Crippen molar-refractivity contribution in [3.63, 3.8) is 0 Å². The zero-order valence-electron chi connectivity index (χ0n) is 8.72. The molecule has 0 bridgehead atoms. The Hall–Kier alpha value is -0.420. The van der Waals surface area contributed by atoms with Crippen LogP contribution in [0, 0.1) is 0 Å². The van der Waals surface area contributed by atoms with E-state index in [1.54, 1.807) is 0 Å². The Morgan fingerprint density at radius 2 is 2.12 bits per heavy atom. The van der Waals surface area contributed by atoms with Crippen molar-refractivity contribution in [2.75, 3.05) is 12.4 Å². The predicted molar refractivity (Wildman–Crippen MR) is 57.3 cm³/mol. The first-order valence-corrected chi connectivity index (χ1v) is 5.47. The van der Waals surface area contributed by atoms with Gasteiger partial charge in [-0.05, 0) is 0 Å². The third kappa shape index (κ3) is 2.88. The summed E-state index contributed by atoms with van der Waals surface area (Å²) in [6, 6.07) is -1.28. The number of carbonyl (C=O) groups is 1. The summed E-state index contributed by atoms with van der Waals surface area (Å²) in [6.07, 6.45) is -4.50. The van der Waals surface area contributed by atoms with E-state index in [4.69, 9.17) is 14.9 Å². The molecule has 0 aromatic rings. The molecule has 0 saturated carbocycles. The van der Waals surface area contributed by atoms with E-state index in [2.05, 4.69) is 17.9 Å². The van der Waals surface area contributed by atoms with Crippen molar-refractivity contribution in [3.8, 4) is 0 Å². The highest BCUT2D eigenvalue weighted by Gasteiger charge is 2.54. The zero-order chi connectivity index (χ0) is 13.2. The third-order valence-corrected chi connectivity index (χ3v) is 2.84. The average Bonchev–Trinajstić information content (AvgIpc) is 2.50. The maximum atomic E-state index is 10.7. The standard InChI is InChI=1S/C8H15NO7S/c10-1-4-5(11)6(12)8(15,16-4)9-3(2-17)7(13)14/h3-6,9-12,15,17H,1-2H2,(H,13,14)/t3-,4-,5-,6+,8-/m0/s1. The summed E-state index contributed by atoms with van der Waals surface area (Å²) in [6.45, 7) is -0.624. The molecule has 5 atom stereocenters. The largest absolute Gasteiger partial charge is 0.480 e. The van der Waals surface area contributed by atoms with Crippen LogP contribution in [0.5, 0.6) is 0 Å². The molecule has 0 aliphatic carbocycles. The molecular weight excluding hydrogens is 254 g/mol. The number of carboxylic acid groups (broad SMARTS) is 1. The van der Waals surface area contributed by atoms with Crippen LogP contribution in [0.2, 0.25) is 0 Å². The van der Waals surface area contributed by atoms with Crippen LogP contribution in [0.25, 0.3) is 0 Å². The van der Waals surface area contributed by atoms with E-state index in [1.807, 2.05) is 0 Å². The van der Waals surface area contributed by atoms with Gasteiger partial charge in [-0.3, -0.25) is 4.79 Å². The summed E-state index contributed by atoms with van der Waals surface area (Å²) in [5, 5.41) is 48.5. The fourth-order valence-corrected chi connectivity index (χ4v) is 1.75. The molecule has 0 unspecified atom stereocenters. The summed E-state index contributed by atoms with van der Waals surface area (Å²) in [4.78, 5) is 10.7. The van der Waals surface area contributed by atoms with Crippen LogP contribution < -0.4 is 5.32 Å². The quantitative estimate of drug-likeness (QED) is 0.204. The molecular formula is C8H15NO7S. The van der Waals surface area contributed by atoms with E-state index in [0.717, 1.165) is 0 Å². The first-order chi connectivity index (χ1) is 7.85. The number of hydrogen-bond donors (Lipinski definition) is 7. The zero-order valence-corrected chi connectivity index (χ0v) is 9.62. The lowest BCUT2D eigenvalue weighted by Crippen LogP contribution is -2.60. The fraction of sp³-hybridized carbons (Fsp3) is 0.875. The Labute approximate surface area is 102 Å². The van der Waals surface area contributed by atoms with Crippen LogP contribution in [0.3, 0.4) is 0 Å². The van der Waals surface area contributed by atoms with Crippen LogP contribution in [0.15, 0.2) is 0 Å². The van der Waals surface area contributed by atoms with Gasteiger partial charge in [0.15, 0.2) is 6.10 Å². The van der Waals surface area contributed by atoms with Crippen molar-refractivity contribution in [3.05, 3.63) is 0 Å². The lowest BCUT2D eigenvalue weighted by atomic mass is 10.1. The summed E-state index contributed by atoms with van der Waals surface area (Å²) < 4.78 is 4.80. The number of aliphatic carboxylic acids is 1. The number of thiol groups is 1. The number of aliphatic hydroxyl groups excluding tert-OH is 3. The Morgan fingerprint density at radius 1 is 1.53 bits per heavy atom. The first-order valence-electron chi connectivity index (χ1n) is 4.84. The van der Waals surface area contributed by atoms with Gasteiger partial charge in [0, 0.05) is 5.75 Å². The molecule has 1 fully saturated rings. The minimum Gasteiger partial charge on any atom is -0.480 e. The smallest absolute Gasteiger partial charge is 0.321 e. The van der Waals surface area contributed by atoms with Crippen LogP contribution in [0.1, 0.15) is 0 Å². The highest BCUT2D eigenvalue weighted by molar-refractivity contribution is 7.80. The molecule has 6 N–H and O–H groups in total. The number of ether oxygens (including phenoxy) is 1. The Morgan fingerprint density at radius 3 is 2.47 bits per heavy atom. The minimum absolute atomic E-state index is 0.159. The highest BCUT2D eigenvalue weighted by atomic mass is 32.1. The van der Waals surface area contributed by atoms with Gasteiger partial charge in [-0.15, -0.1) is 0 Å². The topological polar surface area (TPSA) is 139 Å². The second-order valence-electron chi connectivity index (χ2n) is 3.69. The van der Waals surface area contributed by atoms with Crippen molar-refractivity contribution in [2.24, 2.45) is 0 Å². The Bertz CT molecular complexity index is 291. The Kier molecular flexibility index (Phi) is 4.72. The van der Waals surface area contributed by atoms with Crippen molar-refractivity contribution < 1.29 is 35.1 Å². The molecule has 0 aromatic carbocycles. The van der Waals surface area contributed by atoms with E-state index in [9.17, 15) is 20.1 Å². The molecule has 100 valence electrons. The number of nitrogens with one attached hydrogen (secondary N) is 1. The molecule has 1 aliphatic heterocycles. The molecule has 8 nitrogen and oxygen atoms in total. The molecule has 1 rings (SSSR count). The molecule has 0 radical (unpaired) electrons. The molecule has 1 aliphatic rings. The maximum Gasteiger partial charge on any atom is 0.321 e. The van der Waals surface area contributed by atoms with Crippen LogP contribution in [-0.4, -0.2) is 74.1 Å². The lowest BCUT2D eigenvalue weighted by Gasteiger charge is -2.29. The SMILES string of the molecule is O=C(O)[C@H](CS)N[C@@]1(O)O[C@@H](CO)[C@H](O)[C@H]1O. The monoisotopic (exact) mass is 269 g/mol. The van der Waals surface area contributed by atoms with Crippen molar-refractivity contribution in [1.82, 2.24) is 5.32 Å². The van der Waals surface area contributed by atoms with Crippen LogP contribution in [0.4, 0.5) is 0 Å². The maximum absolute atomic E-state index is 10.7. The van der Waals surface area contributed by atoms with E-state index in [0.29, 0.717) is 0 Å². The van der Waals surface area contributed by atoms with Gasteiger partial charge in [0.05, 0.1) is 6.61 Å². The van der Waals surface area contributed by atoms with E-state index in [1.165, 1.54) is 0 Å². The van der Waals surface area contributed by atoms with Gasteiger partial charge in [-0.2, -0.15) is 12.6 Å². The number of hydrogen-bond acceptors (Lipinski definition) is 8. The van der Waals surface area contributed by atoms with Gasteiger partial charge in [-0.1, -0.05) is 0 Å². The number of carboxylic acids is 1. The normalized spacial score (nSPS) is 39.2. The van der Waals surface area contributed by atoms with E-state index >= 15 is 0 Å². The summed E-state index contributed by atoms with van der Waals surface area (Å²) in [5.74, 6) is -3.89. The van der Waals surface area contributed by atoms with Crippen molar-refractivity contribution >= 4 is 18.6 Å². The minimum atomic E-state index is -2.43. The molecule has 1 saturated heterocycles. The van der Waals surface area contributed by atoms with Crippen LogP contribution in [-0.2, 0) is 9.53 Å². The molecule has 17 heavy (non-hydrogen) atoms. The molecule has 0 aromatic heterocycles. The van der Waals surface area contributed by atoms with Gasteiger partial charge in [0.2, 0.25) is 0 Å². The van der Waals surface area contributed by atoms with Crippen LogP contribution >= 0.6 is 12.6 Å². The average molecular weight is 269 g/mol. The number of aliphatic hydroxyl groups is 4. The predicted octanol–water partition coefficient (Wildman–Crippen LogP) is -3.28. The Balaban J connectivity index is 2.78. The molecule has 0 spiro atoms. The van der Waals surface area contributed by atoms with E-state index < -0.39 is 42.8 Å². The van der Waals surface area contributed by atoms with Gasteiger partial charge < -0.3 is 30.3 Å². The summed E-state index contributed by atoms with van der Waals surface area (Å²) >= 11 is 3.76. The molecule has 9 heteroatoms. The van der Waals surface area contributed by atoms with Gasteiger partial charge in [0.25, 0.3) is 5.91 Å². The number of rotatable bonds is 5. The van der Waals surface area contributed by atoms with Gasteiger partial charge in [0.1, 0.15) is 18.2 Å². The molecule has 1 heterocycles. The van der Waals surface area contributed by atoms with Gasteiger partial charge in [-0.25, -0.2) is 5.32 Å².